The Morgan fingerprint density at radius 3 is 2.31 bits per heavy atom. The molecule has 0 aromatic rings. The number of ether oxygens (including phenoxy) is 1. The molecule has 0 spiro atoms. The molecule has 0 aliphatic heterocycles. The summed E-state index contributed by atoms with van der Waals surface area (Å²) in [7, 11) is 0. The van der Waals surface area contributed by atoms with Crippen LogP contribution in [-0.2, 0) is 4.74 Å². The van der Waals surface area contributed by atoms with Gasteiger partial charge >= 0.3 is 0 Å². The molecule has 0 amide bonds. The van der Waals surface area contributed by atoms with Crippen molar-refractivity contribution in [3.63, 3.8) is 0 Å². The molecule has 1 atom stereocenters. The number of rotatable bonds is 9. The van der Waals surface area contributed by atoms with E-state index in [1.807, 2.05) is 0 Å². The fourth-order valence-electron chi connectivity index (χ4n) is 1.64. The van der Waals surface area contributed by atoms with E-state index in [1.165, 1.54) is 12.8 Å². The van der Waals surface area contributed by atoms with Gasteiger partial charge in [0.05, 0.1) is 6.61 Å². The maximum atomic E-state index is 5.81. The van der Waals surface area contributed by atoms with Crippen molar-refractivity contribution in [3.8, 4) is 0 Å². The summed E-state index contributed by atoms with van der Waals surface area (Å²) >= 11 is 0. The molecule has 0 bridgehead atoms. The fourth-order valence-corrected chi connectivity index (χ4v) is 1.64. The first kappa shape index (κ1) is 15.9. The molecule has 0 fully saturated rings. The van der Waals surface area contributed by atoms with Crippen LogP contribution in [0.15, 0.2) is 0 Å². The lowest BCUT2D eigenvalue weighted by Crippen LogP contribution is -2.37. The Kier molecular flexibility index (Phi) is 8.04. The maximum Gasteiger partial charge on any atom is 0.0529 e. The first-order chi connectivity index (χ1) is 7.37. The van der Waals surface area contributed by atoms with E-state index < -0.39 is 0 Å². The minimum absolute atomic E-state index is 0.232. The normalized spacial score (nSPS) is 14.4. The van der Waals surface area contributed by atoms with E-state index >= 15 is 0 Å². The predicted octanol–water partition coefficient (Wildman–Crippen LogP) is 3.46. The van der Waals surface area contributed by atoms with E-state index in [9.17, 15) is 0 Å². The molecule has 0 aromatic carbocycles. The molecule has 16 heavy (non-hydrogen) atoms. The van der Waals surface area contributed by atoms with E-state index in [4.69, 9.17) is 4.74 Å². The molecular formula is C14H31NO. The molecule has 0 aliphatic rings. The second-order valence-corrected chi connectivity index (χ2v) is 6.11. The summed E-state index contributed by atoms with van der Waals surface area (Å²) in [6, 6.07) is 0.554. The summed E-state index contributed by atoms with van der Waals surface area (Å²) in [5, 5.41) is 3.47. The van der Waals surface area contributed by atoms with Crippen LogP contribution in [0.3, 0.4) is 0 Å². The Morgan fingerprint density at radius 2 is 1.81 bits per heavy atom. The maximum absolute atomic E-state index is 5.81. The Hall–Kier alpha value is -0.0800. The lowest BCUT2D eigenvalue weighted by atomic mass is 9.94. The van der Waals surface area contributed by atoms with Gasteiger partial charge in [-0.05, 0) is 12.3 Å². The van der Waals surface area contributed by atoms with Crippen molar-refractivity contribution in [1.29, 1.82) is 0 Å². The summed E-state index contributed by atoms with van der Waals surface area (Å²) in [5.41, 5.74) is 0.232. The third-order valence-electron chi connectivity index (χ3n) is 2.67. The minimum atomic E-state index is 0.232. The molecule has 0 radical (unpaired) electrons. The molecule has 1 unspecified atom stereocenters. The van der Waals surface area contributed by atoms with Crippen molar-refractivity contribution in [3.05, 3.63) is 0 Å². The Balaban J connectivity index is 3.64. The van der Waals surface area contributed by atoms with Crippen LogP contribution >= 0.6 is 0 Å². The van der Waals surface area contributed by atoms with Gasteiger partial charge in [0, 0.05) is 24.6 Å². The lowest BCUT2D eigenvalue weighted by Gasteiger charge is -2.26. The standard InChI is InChI=1S/C14H31NO/c1-7-8-13(4)9-16-11-14(5,6)10-15-12(2)3/h12-13,15H,7-11H2,1-6H3. The topological polar surface area (TPSA) is 21.3 Å². The van der Waals surface area contributed by atoms with Crippen LogP contribution in [0.2, 0.25) is 0 Å². The van der Waals surface area contributed by atoms with Gasteiger partial charge in [-0.25, -0.2) is 0 Å². The smallest absolute Gasteiger partial charge is 0.0529 e. The highest BCUT2D eigenvalue weighted by atomic mass is 16.5. The third-order valence-corrected chi connectivity index (χ3v) is 2.67. The molecule has 1 N–H and O–H groups in total. The lowest BCUT2D eigenvalue weighted by molar-refractivity contribution is 0.0411. The molecule has 0 saturated carbocycles. The summed E-state index contributed by atoms with van der Waals surface area (Å²) in [5.74, 6) is 0.693. The first-order valence-electron chi connectivity index (χ1n) is 6.68. The largest absolute Gasteiger partial charge is 0.381 e. The highest BCUT2D eigenvalue weighted by Crippen LogP contribution is 2.15. The Morgan fingerprint density at radius 1 is 1.19 bits per heavy atom. The van der Waals surface area contributed by atoms with E-state index in [2.05, 4.69) is 46.9 Å². The van der Waals surface area contributed by atoms with Gasteiger partial charge in [0.1, 0.15) is 0 Å². The van der Waals surface area contributed by atoms with Gasteiger partial charge in [-0.1, -0.05) is 48.0 Å². The number of hydrogen-bond acceptors (Lipinski definition) is 2. The van der Waals surface area contributed by atoms with Crippen molar-refractivity contribution in [2.45, 2.75) is 60.4 Å². The van der Waals surface area contributed by atoms with Crippen LogP contribution in [0.25, 0.3) is 0 Å². The average molecular weight is 229 g/mol. The fraction of sp³-hybridized carbons (Fsp3) is 1.00. The van der Waals surface area contributed by atoms with Crippen LogP contribution in [0.4, 0.5) is 0 Å². The quantitative estimate of drug-likeness (QED) is 0.654. The molecule has 0 rings (SSSR count). The highest BCUT2D eigenvalue weighted by molar-refractivity contribution is 4.72. The third kappa shape index (κ3) is 9.17. The van der Waals surface area contributed by atoms with Crippen molar-refractivity contribution < 1.29 is 4.74 Å². The van der Waals surface area contributed by atoms with Crippen LogP contribution in [-0.4, -0.2) is 25.8 Å². The van der Waals surface area contributed by atoms with E-state index in [-0.39, 0.29) is 5.41 Å². The van der Waals surface area contributed by atoms with Gasteiger partial charge in [-0.3, -0.25) is 0 Å². The van der Waals surface area contributed by atoms with Crippen LogP contribution in [0.5, 0.6) is 0 Å². The second-order valence-electron chi connectivity index (χ2n) is 6.11. The van der Waals surface area contributed by atoms with Crippen molar-refractivity contribution in [2.24, 2.45) is 11.3 Å². The zero-order valence-electron chi connectivity index (χ0n) is 12.1. The van der Waals surface area contributed by atoms with Crippen LogP contribution in [0.1, 0.15) is 54.4 Å². The van der Waals surface area contributed by atoms with Crippen LogP contribution < -0.4 is 5.32 Å². The molecule has 0 heterocycles. The predicted molar refractivity (Wildman–Crippen MR) is 71.8 cm³/mol. The summed E-state index contributed by atoms with van der Waals surface area (Å²) in [4.78, 5) is 0. The molecule has 2 heteroatoms. The Bertz CT molecular complexity index is 166. The monoisotopic (exact) mass is 229 g/mol. The van der Waals surface area contributed by atoms with E-state index in [0.29, 0.717) is 12.0 Å². The molecule has 98 valence electrons. The highest BCUT2D eigenvalue weighted by Gasteiger charge is 2.18. The van der Waals surface area contributed by atoms with Crippen molar-refractivity contribution in [2.75, 3.05) is 19.8 Å². The van der Waals surface area contributed by atoms with Gasteiger partial charge in [-0.2, -0.15) is 0 Å². The van der Waals surface area contributed by atoms with Gasteiger partial charge in [0.15, 0.2) is 0 Å². The summed E-state index contributed by atoms with van der Waals surface area (Å²) < 4.78 is 5.81. The van der Waals surface area contributed by atoms with Crippen molar-refractivity contribution in [1.82, 2.24) is 5.32 Å². The zero-order valence-corrected chi connectivity index (χ0v) is 12.1. The number of nitrogens with one attached hydrogen (secondary N) is 1. The second kappa shape index (κ2) is 8.08. The summed E-state index contributed by atoms with van der Waals surface area (Å²) in [6.07, 6.45) is 2.52. The van der Waals surface area contributed by atoms with Gasteiger partial charge in [0.25, 0.3) is 0 Å². The van der Waals surface area contributed by atoms with Crippen molar-refractivity contribution >= 4 is 0 Å². The Labute approximate surface area is 102 Å². The molecule has 2 nitrogen and oxygen atoms in total. The average Bonchev–Trinajstić information content (AvgIpc) is 2.15. The van der Waals surface area contributed by atoms with E-state index in [1.54, 1.807) is 0 Å². The summed E-state index contributed by atoms with van der Waals surface area (Å²) in [6.45, 7) is 16.1. The number of hydrogen-bond donors (Lipinski definition) is 1. The molecular weight excluding hydrogens is 198 g/mol. The molecule has 0 aliphatic carbocycles. The first-order valence-corrected chi connectivity index (χ1v) is 6.68. The molecule has 0 aromatic heterocycles. The minimum Gasteiger partial charge on any atom is -0.381 e. The van der Waals surface area contributed by atoms with Gasteiger partial charge in [0.2, 0.25) is 0 Å². The van der Waals surface area contributed by atoms with Crippen LogP contribution in [0, 0.1) is 11.3 Å². The molecule has 0 saturated heterocycles. The zero-order chi connectivity index (χ0) is 12.6. The SMILES string of the molecule is CCCC(C)COCC(C)(C)CNC(C)C. The van der Waals surface area contributed by atoms with Gasteiger partial charge in [-0.15, -0.1) is 0 Å². The van der Waals surface area contributed by atoms with Gasteiger partial charge < -0.3 is 10.1 Å². The van der Waals surface area contributed by atoms with E-state index in [0.717, 1.165) is 19.8 Å².